The molecule has 20 heavy (non-hydrogen) atoms. The number of hydrogen-bond acceptors (Lipinski definition) is 4. The van der Waals surface area contributed by atoms with Gasteiger partial charge < -0.3 is 5.32 Å². The van der Waals surface area contributed by atoms with Crippen LogP contribution in [0.15, 0.2) is 41.1 Å². The van der Waals surface area contributed by atoms with Gasteiger partial charge in [-0.05, 0) is 40.0 Å². The molecular formula is C13H11BrFN3O2. The maximum absolute atomic E-state index is 12.8. The highest BCUT2D eigenvalue weighted by Gasteiger charge is 2.16. The summed E-state index contributed by atoms with van der Waals surface area (Å²) in [5.74, 6) is -0.283. The first kappa shape index (κ1) is 14.4. The minimum atomic E-state index is -0.488. The number of rotatable bonds is 5. The molecule has 0 saturated heterocycles. The molecule has 0 saturated carbocycles. The zero-order chi connectivity index (χ0) is 14.5. The molecule has 0 radical (unpaired) electrons. The van der Waals surface area contributed by atoms with Crippen molar-refractivity contribution < 1.29 is 9.31 Å². The van der Waals surface area contributed by atoms with E-state index in [2.05, 4.69) is 26.2 Å². The molecule has 1 heterocycles. The summed E-state index contributed by atoms with van der Waals surface area (Å²) >= 11 is 3.23. The van der Waals surface area contributed by atoms with E-state index in [1.54, 1.807) is 12.1 Å². The molecule has 0 aliphatic carbocycles. The van der Waals surface area contributed by atoms with E-state index in [0.717, 1.165) is 5.56 Å². The van der Waals surface area contributed by atoms with Gasteiger partial charge in [0, 0.05) is 12.7 Å². The molecule has 2 rings (SSSR count). The van der Waals surface area contributed by atoms with Gasteiger partial charge in [-0.2, -0.15) is 0 Å². The highest BCUT2D eigenvalue weighted by Crippen LogP contribution is 2.30. The second kappa shape index (κ2) is 6.42. The van der Waals surface area contributed by atoms with E-state index < -0.39 is 4.92 Å². The van der Waals surface area contributed by atoms with Crippen molar-refractivity contribution in [2.24, 2.45) is 0 Å². The van der Waals surface area contributed by atoms with Gasteiger partial charge >= 0.3 is 5.69 Å². The van der Waals surface area contributed by atoms with E-state index >= 15 is 0 Å². The summed E-state index contributed by atoms with van der Waals surface area (Å²) in [6.07, 6.45) is 3.32. The van der Waals surface area contributed by atoms with Crippen molar-refractivity contribution in [3.05, 3.63) is 62.6 Å². The van der Waals surface area contributed by atoms with Crippen LogP contribution in [0.5, 0.6) is 0 Å². The summed E-state index contributed by atoms with van der Waals surface area (Å²) < 4.78 is 13.3. The molecule has 104 valence electrons. The minimum Gasteiger partial charge on any atom is -0.378 e. The molecule has 0 unspecified atom stereocenters. The minimum absolute atomic E-state index is 0.0847. The second-order valence-electron chi connectivity index (χ2n) is 4.08. The molecule has 0 bridgehead atoms. The molecule has 1 aromatic heterocycles. The third-order valence-corrected chi connectivity index (χ3v) is 3.31. The smallest absolute Gasteiger partial charge is 0.311 e. The van der Waals surface area contributed by atoms with Gasteiger partial charge in [0.05, 0.1) is 9.40 Å². The molecule has 0 aliphatic rings. The van der Waals surface area contributed by atoms with Crippen molar-refractivity contribution in [3.8, 4) is 0 Å². The van der Waals surface area contributed by atoms with E-state index in [4.69, 9.17) is 0 Å². The zero-order valence-corrected chi connectivity index (χ0v) is 11.9. The second-order valence-corrected chi connectivity index (χ2v) is 4.93. The van der Waals surface area contributed by atoms with Gasteiger partial charge in [0.25, 0.3) is 0 Å². The average molecular weight is 340 g/mol. The fraction of sp³-hybridized carbons (Fsp3) is 0.154. The number of aromatic nitrogens is 1. The lowest BCUT2D eigenvalue weighted by atomic mass is 10.1. The van der Waals surface area contributed by atoms with Gasteiger partial charge in [0.1, 0.15) is 17.7 Å². The Bertz CT molecular complexity index is 620. The van der Waals surface area contributed by atoms with Gasteiger partial charge in [-0.3, -0.25) is 15.1 Å². The van der Waals surface area contributed by atoms with E-state index in [-0.39, 0.29) is 11.5 Å². The lowest BCUT2D eigenvalue weighted by Gasteiger charge is -2.08. The Balaban J connectivity index is 2.04. The van der Waals surface area contributed by atoms with E-state index in [1.807, 2.05) is 0 Å². The summed E-state index contributed by atoms with van der Waals surface area (Å²) in [7, 11) is 0. The van der Waals surface area contributed by atoms with Crippen LogP contribution >= 0.6 is 15.9 Å². The number of benzene rings is 1. The summed E-state index contributed by atoms with van der Waals surface area (Å²) in [4.78, 5) is 14.2. The Kier molecular flexibility index (Phi) is 4.62. The molecule has 2 aromatic rings. The Morgan fingerprint density at radius 1 is 1.30 bits per heavy atom. The fourth-order valence-electron chi connectivity index (χ4n) is 1.72. The lowest BCUT2D eigenvalue weighted by molar-refractivity contribution is -0.384. The highest BCUT2D eigenvalue weighted by atomic mass is 79.9. The number of nitro groups is 1. The molecule has 0 spiro atoms. The Morgan fingerprint density at radius 3 is 2.65 bits per heavy atom. The SMILES string of the molecule is O=[N+]([O-])c1cncc(Br)c1NCCc1ccc(F)cc1. The van der Waals surface area contributed by atoms with Crippen molar-refractivity contribution in [2.75, 3.05) is 11.9 Å². The average Bonchev–Trinajstić information content (AvgIpc) is 2.42. The van der Waals surface area contributed by atoms with Gasteiger partial charge in [0.15, 0.2) is 0 Å². The zero-order valence-electron chi connectivity index (χ0n) is 10.3. The summed E-state index contributed by atoms with van der Waals surface area (Å²) in [6, 6.07) is 6.15. The van der Waals surface area contributed by atoms with Crippen LogP contribution in [-0.4, -0.2) is 16.5 Å². The molecule has 1 N–H and O–H groups in total. The molecule has 0 fully saturated rings. The first-order chi connectivity index (χ1) is 9.58. The van der Waals surface area contributed by atoms with Gasteiger partial charge in [0.2, 0.25) is 0 Å². The first-order valence-electron chi connectivity index (χ1n) is 5.84. The van der Waals surface area contributed by atoms with Gasteiger partial charge in [-0.15, -0.1) is 0 Å². The third-order valence-electron chi connectivity index (χ3n) is 2.71. The van der Waals surface area contributed by atoms with Crippen LogP contribution in [0.1, 0.15) is 5.56 Å². The lowest BCUT2D eigenvalue weighted by Crippen LogP contribution is -2.08. The Morgan fingerprint density at radius 2 is 2.00 bits per heavy atom. The quantitative estimate of drug-likeness (QED) is 0.668. The molecule has 0 amide bonds. The van der Waals surface area contributed by atoms with Crippen LogP contribution < -0.4 is 5.32 Å². The standard InChI is InChI=1S/C13H11BrFN3O2/c14-11-7-16-8-12(18(19)20)13(11)17-6-5-9-1-3-10(15)4-2-9/h1-4,7-8H,5-6H2,(H,16,17). The maximum atomic E-state index is 12.8. The molecule has 0 atom stereocenters. The van der Waals surface area contributed by atoms with Gasteiger partial charge in [-0.25, -0.2) is 4.39 Å². The van der Waals surface area contributed by atoms with E-state index in [1.165, 1.54) is 24.5 Å². The number of halogens is 2. The number of nitrogens with one attached hydrogen (secondary N) is 1. The first-order valence-corrected chi connectivity index (χ1v) is 6.63. The van der Waals surface area contributed by atoms with E-state index in [9.17, 15) is 14.5 Å². The maximum Gasteiger partial charge on any atom is 0.311 e. The topological polar surface area (TPSA) is 68.1 Å². The normalized spacial score (nSPS) is 10.3. The Labute approximate surface area is 123 Å². The van der Waals surface area contributed by atoms with Crippen LogP contribution in [-0.2, 0) is 6.42 Å². The monoisotopic (exact) mass is 339 g/mol. The van der Waals surface area contributed by atoms with E-state index in [0.29, 0.717) is 23.1 Å². The summed E-state index contributed by atoms with van der Waals surface area (Å²) in [5, 5.41) is 13.9. The van der Waals surface area contributed by atoms with Crippen molar-refractivity contribution in [2.45, 2.75) is 6.42 Å². The molecule has 7 heteroatoms. The predicted molar refractivity (Wildman–Crippen MR) is 77.2 cm³/mol. The number of pyridine rings is 1. The van der Waals surface area contributed by atoms with Gasteiger partial charge in [-0.1, -0.05) is 12.1 Å². The number of hydrogen-bond donors (Lipinski definition) is 1. The fourth-order valence-corrected chi connectivity index (χ4v) is 2.18. The highest BCUT2D eigenvalue weighted by molar-refractivity contribution is 9.10. The van der Waals surface area contributed by atoms with Crippen LogP contribution in [0.4, 0.5) is 15.8 Å². The number of anilines is 1. The van der Waals surface area contributed by atoms with Crippen molar-refractivity contribution in [1.29, 1.82) is 0 Å². The van der Waals surface area contributed by atoms with Crippen LogP contribution in [0.25, 0.3) is 0 Å². The van der Waals surface area contributed by atoms with Crippen LogP contribution in [0.2, 0.25) is 0 Å². The van der Waals surface area contributed by atoms with Crippen molar-refractivity contribution in [1.82, 2.24) is 4.98 Å². The third kappa shape index (κ3) is 3.51. The Hall–Kier alpha value is -2.02. The molecule has 1 aromatic carbocycles. The molecule has 0 aliphatic heterocycles. The number of nitrogens with zero attached hydrogens (tertiary/aromatic N) is 2. The molecular weight excluding hydrogens is 329 g/mol. The largest absolute Gasteiger partial charge is 0.378 e. The summed E-state index contributed by atoms with van der Waals surface area (Å²) in [6.45, 7) is 0.495. The predicted octanol–water partition coefficient (Wildman–Crippen LogP) is 3.55. The summed E-state index contributed by atoms with van der Waals surface area (Å²) in [5.41, 5.74) is 1.26. The van der Waals surface area contributed by atoms with Crippen molar-refractivity contribution >= 4 is 27.3 Å². The molecule has 5 nitrogen and oxygen atoms in total. The van der Waals surface area contributed by atoms with Crippen LogP contribution in [0, 0.1) is 15.9 Å². The van der Waals surface area contributed by atoms with Crippen molar-refractivity contribution in [3.63, 3.8) is 0 Å². The van der Waals surface area contributed by atoms with Crippen LogP contribution in [0.3, 0.4) is 0 Å².